The Morgan fingerprint density at radius 3 is 2.47 bits per heavy atom. The van der Waals surface area contributed by atoms with Crippen LogP contribution in [0.4, 0.5) is 30.2 Å². The Balaban J connectivity index is 1.47. The van der Waals surface area contributed by atoms with Crippen molar-refractivity contribution < 1.29 is 22.6 Å². The zero-order valence-electron chi connectivity index (χ0n) is 18.7. The number of nitrogens with zero attached hydrogens (tertiary/aromatic N) is 1. The summed E-state index contributed by atoms with van der Waals surface area (Å²) in [5, 5.41) is 3.13. The number of hydrogen-bond acceptors (Lipinski definition) is 4. The fourth-order valence-corrected chi connectivity index (χ4v) is 3.32. The third-order valence-corrected chi connectivity index (χ3v) is 5.36. The number of halogens is 3. The van der Waals surface area contributed by atoms with Gasteiger partial charge < -0.3 is 14.8 Å². The van der Waals surface area contributed by atoms with Crippen molar-refractivity contribution in [3.63, 3.8) is 0 Å². The topological polar surface area (TPSA) is 42.8 Å². The molecular formula is C27H25F3N2O2. The smallest absolute Gasteiger partial charge is 0.416 e. The number of anilines is 2. The van der Waals surface area contributed by atoms with E-state index in [9.17, 15) is 13.2 Å². The van der Waals surface area contributed by atoms with Crippen molar-refractivity contribution >= 4 is 29.4 Å². The maximum atomic E-state index is 12.8. The predicted octanol–water partition coefficient (Wildman–Crippen LogP) is 7.66. The molecule has 3 aromatic rings. The molecule has 1 aliphatic rings. The number of hydrogen-bond donors (Lipinski definition) is 1. The standard InChI is InChI=1S/C27H25F3N2O2/c1-33-25-10-4-6-20(26(25)34-18-19-11-12-19)7-5-17-31-23-8-2-3-9-24(23)32-22-15-13-21(14-16-22)27(28,29)30/h2-10,13-17,19,32H,11-12,18H2,1H3. The van der Waals surface area contributed by atoms with E-state index in [2.05, 4.69) is 10.3 Å². The second-order valence-corrected chi connectivity index (χ2v) is 7.99. The highest BCUT2D eigenvalue weighted by atomic mass is 19.4. The average Bonchev–Trinajstić information content (AvgIpc) is 3.66. The molecule has 0 saturated heterocycles. The van der Waals surface area contributed by atoms with E-state index in [4.69, 9.17) is 9.47 Å². The first-order valence-corrected chi connectivity index (χ1v) is 11.0. The van der Waals surface area contributed by atoms with Gasteiger partial charge in [0.15, 0.2) is 11.5 Å². The average molecular weight is 467 g/mol. The third kappa shape index (κ3) is 6.19. The highest BCUT2D eigenvalue weighted by molar-refractivity contribution is 5.84. The summed E-state index contributed by atoms with van der Waals surface area (Å²) in [6.07, 6.45) is 3.42. The Bertz CT molecular complexity index is 1170. The monoisotopic (exact) mass is 466 g/mol. The Kier molecular flexibility index (Phi) is 7.21. The number of methoxy groups -OCH3 is 1. The Morgan fingerprint density at radius 2 is 1.76 bits per heavy atom. The lowest BCUT2D eigenvalue weighted by atomic mass is 10.1. The van der Waals surface area contributed by atoms with Crippen molar-refractivity contribution in [1.29, 1.82) is 0 Å². The number of benzene rings is 3. The first-order chi connectivity index (χ1) is 16.4. The summed E-state index contributed by atoms with van der Waals surface area (Å²) in [6.45, 7) is 0.679. The molecule has 0 unspecified atom stereocenters. The van der Waals surface area contributed by atoms with Gasteiger partial charge in [0, 0.05) is 17.5 Å². The van der Waals surface area contributed by atoms with Gasteiger partial charge >= 0.3 is 6.18 Å². The molecule has 1 fully saturated rings. The highest BCUT2D eigenvalue weighted by Crippen LogP contribution is 2.36. The minimum absolute atomic E-state index is 0.542. The van der Waals surface area contributed by atoms with Crippen LogP contribution in [-0.4, -0.2) is 19.9 Å². The molecule has 7 heteroatoms. The van der Waals surface area contributed by atoms with E-state index in [1.807, 2.05) is 54.6 Å². The molecule has 4 rings (SSSR count). The molecule has 1 aliphatic carbocycles. The van der Waals surface area contributed by atoms with Gasteiger partial charge in [-0.1, -0.05) is 24.3 Å². The third-order valence-electron chi connectivity index (χ3n) is 5.36. The normalized spacial score (nSPS) is 14.0. The van der Waals surface area contributed by atoms with Crippen LogP contribution < -0.4 is 14.8 Å². The van der Waals surface area contributed by atoms with Gasteiger partial charge in [-0.2, -0.15) is 13.2 Å². The van der Waals surface area contributed by atoms with Gasteiger partial charge in [-0.3, -0.25) is 4.99 Å². The number of aliphatic imine (C=N–C) groups is 1. The molecule has 0 aliphatic heterocycles. The van der Waals surface area contributed by atoms with Crippen LogP contribution in [0.2, 0.25) is 0 Å². The van der Waals surface area contributed by atoms with E-state index in [1.165, 1.54) is 25.0 Å². The van der Waals surface area contributed by atoms with Crippen LogP contribution in [-0.2, 0) is 6.18 Å². The fourth-order valence-electron chi connectivity index (χ4n) is 3.32. The van der Waals surface area contributed by atoms with Crippen molar-refractivity contribution in [2.45, 2.75) is 19.0 Å². The summed E-state index contributed by atoms with van der Waals surface area (Å²) < 4.78 is 49.8. The van der Waals surface area contributed by atoms with E-state index >= 15 is 0 Å². The van der Waals surface area contributed by atoms with Gasteiger partial charge in [-0.05, 0) is 73.4 Å². The van der Waals surface area contributed by atoms with Crippen molar-refractivity contribution in [3.05, 3.63) is 83.9 Å². The lowest BCUT2D eigenvalue weighted by Gasteiger charge is -2.13. The van der Waals surface area contributed by atoms with Crippen LogP contribution in [0.5, 0.6) is 11.5 Å². The number of para-hydroxylation sites is 3. The van der Waals surface area contributed by atoms with Crippen molar-refractivity contribution in [2.24, 2.45) is 10.9 Å². The molecule has 0 amide bonds. The van der Waals surface area contributed by atoms with Crippen molar-refractivity contribution in [2.75, 3.05) is 19.0 Å². The van der Waals surface area contributed by atoms with Crippen LogP contribution in [0.15, 0.2) is 77.8 Å². The summed E-state index contributed by atoms with van der Waals surface area (Å²) in [4.78, 5) is 4.50. The van der Waals surface area contributed by atoms with Gasteiger partial charge in [0.05, 0.1) is 30.7 Å². The molecule has 1 saturated carbocycles. The summed E-state index contributed by atoms with van der Waals surface area (Å²) in [5.41, 5.74) is 2.08. The Labute approximate surface area is 196 Å². The summed E-state index contributed by atoms with van der Waals surface area (Å²) in [7, 11) is 1.62. The highest BCUT2D eigenvalue weighted by Gasteiger charge is 2.30. The van der Waals surface area contributed by atoms with Crippen LogP contribution in [0.1, 0.15) is 24.0 Å². The quantitative estimate of drug-likeness (QED) is 0.329. The molecule has 0 bridgehead atoms. The van der Waals surface area contributed by atoms with E-state index in [1.54, 1.807) is 13.3 Å². The van der Waals surface area contributed by atoms with Gasteiger partial charge in [0.1, 0.15) is 0 Å². The summed E-state index contributed by atoms with van der Waals surface area (Å²) in [5.74, 6) is 2.02. The van der Waals surface area contributed by atoms with Gasteiger partial charge in [-0.15, -0.1) is 0 Å². The van der Waals surface area contributed by atoms with Crippen LogP contribution >= 0.6 is 0 Å². The second-order valence-electron chi connectivity index (χ2n) is 7.99. The number of allylic oxidation sites excluding steroid dienone is 1. The maximum absolute atomic E-state index is 12.8. The van der Waals surface area contributed by atoms with Gasteiger partial charge in [0.2, 0.25) is 0 Å². The van der Waals surface area contributed by atoms with E-state index in [0.717, 1.165) is 17.7 Å². The molecule has 4 nitrogen and oxygen atoms in total. The minimum Gasteiger partial charge on any atom is -0.493 e. The molecule has 0 spiro atoms. The number of nitrogens with one attached hydrogen (secondary N) is 1. The SMILES string of the molecule is COc1cccc(C=CC=Nc2ccccc2Nc2ccc(C(F)(F)F)cc2)c1OCC1CC1. The van der Waals surface area contributed by atoms with Crippen LogP contribution in [0.25, 0.3) is 6.08 Å². The molecule has 0 atom stereocenters. The molecule has 1 N–H and O–H groups in total. The van der Waals surface area contributed by atoms with E-state index in [-0.39, 0.29) is 0 Å². The number of ether oxygens (including phenoxy) is 2. The molecule has 0 radical (unpaired) electrons. The molecule has 0 aromatic heterocycles. The molecular weight excluding hydrogens is 441 g/mol. The fraction of sp³-hybridized carbons (Fsp3) is 0.222. The van der Waals surface area contributed by atoms with E-state index < -0.39 is 11.7 Å². The van der Waals surface area contributed by atoms with Gasteiger partial charge in [0.25, 0.3) is 0 Å². The lowest BCUT2D eigenvalue weighted by molar-refractivity contribution is -0.137. The molecule has 3 aromatic carbocycles. The van der Waals surface area contributed by atoms with Crippen LogP contribution in [0.3, 0.4) is 0 Å². The lowest BCUT2D eigenvalue weighted by Crippen LogP contribution is -2.04. The van der Waals surface area contributed by atoms with Crippen molar-refractivity contribution in [1.82, 2.24) is 0 Å². The first kappa shape index (κ1) is 23.4. The summed E-state index contributed by atoms with van der Waals surface area (Å²) in [6, 6.07) is 18.0. The molecule has 34 heavy (non-hydrogen) atoms. The Hall–Kier alpha value is -3.74. The predicted molar refractivity (Wildman–Crippen MR) is 130 cm³/mol. The number of alkyl halides is 3. The second kappa shape index (κ2) is 10.5. The summed E-state index contributed by atoms with van der Waals surface area (Å²) >= 11 is 0. The van der Waals surface area contributed by atoms with Crippen molar-refractivity contribution in [3.8, 4) is 11.5 Å². The first-order valence-electron chi connectivity index (χ1n) is 11.0. The molecule has 0 heterocycles. The minimum atomic E-state index is -4.36. The van der Waals surface area contributed by atoms with Gasteiger partial charge in [-0.25, -0.2) is 0 Å². The zero-order chi connectivity index (χ0) is 24.0. The largest absolute Gasteiger partial charge is 0.493 e. The maximum Gasteiger partial charge on any atom is 0.416 e. The molecule has 176 valence electrons. The Morgan fingerprint density at radius 1 is 1.00 bits per heavy atom. The van der Waals surface area contributed by atoms with Crippen LogP contribution in [0, 0.1) is 5.92 Å². The van der Waals surface area contributed by atoms with E-state index in [0.29, 0.717) is 41.1 Å². The number of rotatable bonds is 9. The zero-order valence-corrected chi connectivity index (χ0v) is 18.7.